The summed E-state index contributed by atoms with van der Waals surface area (Å²) in [5.41, 5.74) is 6.12. The van der Waals surface area contributed by atoms with E-state index >= 15 is 0 Å². The Morgan fingerprint density at radius 1 is 1.12 bits per heavy atom. The monoisotopic (exact) mass is 466 g/mol. The summed E-state index contributed by atoms with van der Waals surface area (Å²) in [6, 6.07) is 16.3. The number of nitrogens with one attached hydrogen (secondary N) is 1. The molecule has 1 unspecified atom stereocenters. The number of carbonyl (C=O) groups excluding carboxylic acids is 2. The number of carboxylic acid groups (broad SMARTS) is 1. The molecule has 0 bridgehead atoms. The molecule has 0 aliphatic carbocycles. The largest absolute Gasteiger partial charge is 1.00 e. The molecule has 0 aliphatic heterocycles. The van der Waals surface area contributed by atoms with E-state index in [0.717, 1.165) is 33.4 Å². The average molecular weight is 467 g/mol. The molecule has 0 radical (unpaired) electrons. The summed E-state index contributed by atoms with van der Waals surface area (Å²) < 4.78 is 0. The topological polar surface area (TPSA) is 82.1 Å². The van der Waals surface area contributed by atoms with E-state index in [-0.39, 0.29) is 18.9 Å². The number of aromatic nitrogens is 1. The Kier molecular flexibility index (Phi) is 10.7. The van der Waals surface area contributed by atoms with Gasteiger partial charge in [-0.2, -0.15) is 11.8 Å². The van der Waals surface area contributed by atoms with Gasteiger partial charge in [-0.15, -0.1) is 0 Å². The van der Waals surface area contributed by atoms with Crippen LogP contribution in [0.5, 0.6) is 0 Å². The third kappa shape index (κ3) is 7.11. The fourth-order valence-electron chi connectivity index (χ4n) is 3.60. The van der Waals surface area contributed by atoms with E-state index in [1.165, 1.54) is 11.8 Å². The summed E-state index contributed by atoms with van der Waals surface area (Å²) in [6.07, 6.45) is 7.79. The van der Waals surface area contributed by atoms with Crippen molar-refractivity contribution in [3.63, 3.8) is 0 Å². The van der Waals surface area contributed by atoms with Gasteiger partial charge >= 0.3 is 18.9 Å². The summed E-state index contributed by atoms with van der Waals surface area (Å²) in [5, 5.41) is 14.2. The van der Waals surface area contributed by atoms with Gasteiger partial charge in [0.15, 0.2) is 0 Å². The molecular formula is C27H27LiN2O3S. The maximum absolute atomic E-state index is 13.2. The number of benzene rings is 2. The normalized spacial score (nSPS) is 11.9. The van der Waals surface area contributed by atoms with Crippen LogP contribution in [0.15, 0.2) is 67.0 Å². The number of amides is 1. The van der Waals surface area contributed by atoms with Crippen LogP contribution >= 0.6 is 11.8 Å². The van der Waals surface area contributed by atoms with Gasteiger partial charge in [-0.05, 0) is 83.9 Å². The summed E-state index contributed by atoms with van der Waals surface area (Å²) in [5.74, 6) is -1.09. The first kappa shape index (κ1) is 27.5. The van der Waals surface area contributed by atoms with Crippen LogP contribution in [0.1, 0.15) is 40.4 Å². The maximum atomic E-state index is 13.2. The third-order valence-electron chi connectivity index (χ3n) is 5.42. The first-order valence-corrected chi connectivity index (χ1v) is 12.1. The molecule has 3 aromatic rings. The van der Waals surface area contributed by atoms with Gasteiger partial charge in [0.2, 0.25) is 0 Å². The predicted molar refractivity (Wildman–Crippen MR) is 134 cm³/mol. The van der Waals surface area contributed by atoms with E-state index in [2.05, 4.69) is 10.3 Å². The SMILES string of the molecule is CSCCC(NC(=O)c1ccc(/C=C(\C)c2cccnc2)cc1-c1ccccc1C)C(=O)[O-].[Li+]. The Hall–Kier alpha value is -2.78. The molecule has 1 atom stereocenters. The number of aryl methyl sites for hydroxylation is 1. The molecule has 0 saturated heterocycles. The van der Waals surface area contributed by atoms with Crippen molar-refractivity contribution >= 4 is 35.3 Å². The van der Waals surface area contributed by atoms with Crippen molar-refractivity contribution < 1.29 is 33.6 Å². The number of carbonyl (C=O) groups is 2. The second-order valence-corrected chi connectivity index (χ2v) is 8.80. The Labute approximate surface area is 217 Å². The van der Waals surface area contributed by atoms with Crippen molar-refractivity contribution in [1.29, 1.82) is 0 Å². The quantitative estimate of drug-likeness (QED) is 0.480. The van der Waals surface area contributed by atoms with Crippen molar-refractivity contribution in [2.24, 2.45) is 0 Å². The number of allylic oxidation sites excluding steroid dienone is 1. The van der Waals surface area contributed by atoms with Gasteiger partial charge in [0, 0.05) is 18.0 Å². The third-order valence-corrected chi connectivity index (χ3v) is 6.07. The van der Waals surface area contributed by atoms with Crippen LogP contribution in [-0.2, 0) is 4.79 Å². The van der Waals surface area contributed by atoms with E-state index in [9.17, 15) is 14.7 Å². The van der Waals surface area contributed by atoms with Gasteiger partial charge in [0.1, 0.15) is 0 Å². The smallest absolute Gasteiger partial charge is 0.548 e. The second-order valence-electron chi connectivity index (χ2n) is 7.82. The minimum absolute atomic E-state index is 0. The summed E-state index contributed by atoms with van der Waals surface area (Å²) in [6.45, 7) is 4.00. The Morgan fingerprint density at radius 3 is 2.53 bits per heavy atom. The Morgan fingerprint density at radius 2 is 1.88 bits per heavy atom. The predicted octanol–water partition coefficient (Wildman–Crippen LogP) is 1.22. The number of carboxylic acids is 1. The molecule has 5 nitrogen and oxygen atoms in total. The molecule has 34 heavy (non-hydrogen) atoms. The molecule has 1 N–H and O–H groups in total. The molecule has 0 spiro atoms. The number of thioether (sulfide) groups is 1. The molecule has 0 aliphatic rings. The first-order chi connectivity index (χ1) is 15.9. The fourth-order valence-corrected chi connectivity index (χ4v) is 4.07. The van der Waals surface area contributed by atoms with E-state index in [1.807, 2.05) is 80.9 Å². The molecule has 1 aromatic heterocycles. The molecule has 170 valence electrons. The zero-order valence-electron chi connectivity index (χ0n) is 20.0. The summed E-state index contributed by atoms with van der Waals surface area (Å²) in [4.78, 5) is 28.9. The standard InChI is InChI=1S/C27H28N2O3S.Li/c1-18-7-4-5-9-22(18)24-16-20(15-19(2)21-8-6-13-28-17-21)10-11-23(24)26(30)29-25(27(31)32)12-14-33-3;/h4-11,13,15-17,25H,12,14H2,1-3H3,(H,29,30)(H,31,32);/q;+1/p-1/b19-15+;. The van der Waals surface area contributed by atoms with Crippen molar-refractivity contribution in [1.82, 2.24) is 10.3 Å². The summed E-state index contributed by atoms with van der Waals surface area (Å²) in [7, 11) is 0. The van der Waals surface area contributed by atoms with E-state index in [1.54, 1.807) is 12.3 Å². The van der Waals surface area contributed by atoms with Gasteiger partial charge < -0.3 is 15.2 Å². The molecule has 3 rings (SSSR count). The van der Waals surface area contributed by atoms with Gasteiger partial charge in [-0.1, -0.05) is 42.5 Å². The minimum Gasteiger partial charge on any atom is -0.548 e. The van der Waals surface area contributed by atoms with Crippen LogP contribution in [-0.4, -0.2) is 34.9 Å². The number of hydrogen-bond donors (Lipinski definition) is 1. The first-order valence-electron chi connectivity index (χ1n) is 10.7. The second kappa shape index (κ2) is 13.2. The minimum atomic E-state index is -1.28. The van der Waals surface area contributed by atoms with E-state index in [0.29, 0.717) is 17.7 Å². The number of pyridine rings is 1. The van der Waals surface area contributed by atoms with Crippen molar-refractivity contribution in [2.75, 3.05) is 12.0 Å². The number of aliphatic carboxylic acids is 1. The van der Waals surface area contributed by atoms with Gasteiger partial charge in [-0.25, -0.2) is 0 Å². The van der Waals surface area contributed by atoms with Gasteiger partial charge in [-0.3, -0.25) is 9.78 Å². The van der Waals surface area contributed by atoms with Crippen LogP contribution in [0.2, 0.25) is 0 Å². The molecule has 0 saturated carbocycles. The van der Waals surface area contributed by atoms with Crippen LogP contribution < -0.4 is 29.3 Å². The molecule has 7 heteroatoms. The van der Waals surface area contributed by atoms with Crippen molar-refractivity contribution in [2.45, 2.75) is 26.3 Å². The molecule has 1 amide bonds. The number of hydrogen-bond acceptors (Lipinski definition) is 5. The average Bonchev–Trinajstić information content (AvgIpc) is 2.82. The molecule has 0 fully saturated rings. The van der Waals surface area contributed by atoms with Gasteiger partial charge in [0.25, 0.3) is 5.91 Å². The van der Waals surface area contributed by atoms with Crippen molar-refractivity contribution in [3.8, 4) is 11.1 Å². The van der Waals surface area contributed by atoms with Crippen molar-refractivity contribution in [3.05, 3.63) is 89.2 Å². The summed E-state index contributed by atoms with van der Waals surface area (Å²) >= 11 is 1.52. The van der Waals surface area contributed by atoms with Crippen LogP contribution in [0.25, 0.3) is 22.8 Å². The molecule has 2 aromatic carbocycles. The molecule has 1 heterocycles. The van der Waals surface area contributed by atoms with Crippen LogP contribution in [0.3, 0.4) is 0 Å². The Bertz CT molecular complexity index is 1170. The fraction of sp³-hybridized carbons (Fsp3) is 0.222. The van der Waals surface area contributed by atoms with E-state index < -0.39 is 17.9 Å². The molecular weight excluding hydrogens is 439 g/mol. The number of nitrogens with zero attached hydrogens (tertiary/aromatic N) is 1. The zero-order chi connectivity index (χ0) is 23.8. The Balaban J connectivity index is 0.00000408. The van der Waals surface area contributed by atoms with Crippen LogP contribution in [0, 0.1) is 6.92 Å². The van der Waals surface area contributed by atoms with Crippen LogP contribution in [0.4, 0.5) is 0 Å². The number of rotatable bonds is 9. The van der Waals surface area contributed by atoms with E-state index in [4.69, 9.17) is 0 Å². The maximum Gasteiger partial charge on any atom is 1.00 e. The van der Waals surface area contributed by atoms with Gasteiger partial charge in [0.05, 0.1) is 12.0 Å². The zero-order valence-corrected chi connectivity index (χ0v) is 20.8.